The van der Waals surface area contributed by atoms with Crippen LogP contribution in [-0.2, 0) is 0 Å². The number of methoxy groups -OCH3 is 1. The van der Waals surface area contributed by atoms with E-state index < -0.39 is 0 Å². The molecule has 1 aromatic heterocycles. The van der Waals surface area contributed by atoms with Crippen molar-refractivity contribution >= 4 is 28.1 Å². The van der Waals surface area contributed by atoms with Gasteiger partial charge in [-0.15, -0.1) is 0 Å². The molecule has 0 saturated carbocycles. The van der Waals surface area contributed by atoms with E-state index in [1.807, 2.05) is 24.3 Å². The summed E-state index contributed by atoms with van der Waals surface area (Å²) >= 11 is 3.28. The molecule has 3 nitrogen and oxygen atoms in total. The quantitative estimate of drug-likeness (QED) is 0.863. The van der Waals surface area contributed by atoms with Crippen LogP contribution in [0.5, 0.6) is 5.75 Å². The fraction of sp³-hybridized carbons (Fsp3) is 0.308. The predicted octanol–water partition coefficient (Wildman–Crippen LogP) is 3.90. The second-order valence-electron chi connectivity index (χ2n) is 4.09. The van der Waals surface area contributed by atoms with Crippen LogP contribution in [0.3, 0.4) is 0 Å². The van der Waals surface area contributed by atoms with E-state index in [2.05, 4.69) is 18.8 Å². The number of thioether (sulfide) groups is 1. The van der Waals surface area contributed by atoms with Gasteiger partial charge in [-0.3, -0.25) is 0 Å². The van der Waals surface area contributed by atoms with Crippen molar-refractivity contribution in [2.75, 3.05) is 12.8 Å². The maximum absolute atomic E-state index is 6.03. The van der Waals surface area contributed by atoms with Gasteiger partial charge in [0.05, 0.1) is 7.11 Å². The van der Waals surface area contributed by atoms with Gasteiger partial charge in [0.1, 0.15) is 16.4 Å². The Labute approximate surface area is 115 Å². The lowest BCUT2D eigenvalue weighted by molar-refractivity contribution is 0.415. The van der Waals surface area contributed by atoms with Crippen LogP contribution in [0.15, 0.2) is 28.6 Å². The molecule has 5 heteroatoms. The molecule has 0 aliphatic carbocycles. The molecule has 0 amide bonds. The summed E-state index contributed by atoms with van der Waals surface area (Å²) in [7, 11) is 1.66. The molecule has 1 aromatic carbocycles. The largest absolute Gasteiger partial charge is 0.497 e. The molecule has 0 spiro atoms. The third-order valence-corrected chi connectivity index (χ3v) is 4.32. The highest BCUT2D eigenvalue weighted by Crippen LogP contribution is 2.37. The first-order valence-corrected chi connectivity index (χ1v) is 7.37. The third kappa shape index (κ3) is 2.97. The standard InChI is InChI=1S/C13H16N2OS2/c1-8(2)17-13-15-11(12(14)18-13)9-4-6-10(16-3)7-5-9/h4-8H,14H2,1-3H3. The summed E-state index contributed by atoms with van der Waals surface area (Å²) in [5.41, 5.74) is 7.93. The minimum absolute atomic E-state index is 0.513. The Hall–Kier alpha value is -1.20. The van der Waals surface area contributed by atoms with Crippen LogP contribution < -0.4 is 10.5 Å². The fourth-order valence-electron chi connectivity index (χ4n) is 1.52. The Morgan fingerprint density at radius 2 is 1.94 bits per heavy atom. The normalized spacial score (nSPS) is 10.9. The van der Waals surface area contributed by atoms with Crippen LogP contribution in [0.25, 0.3) is 11.3 Å². The van der Waals surface area contributed by atoms with E-state index in [0.29, 0.717) is 5.25 Å². The molecule has 0 fully saturated rings. The lowest BCUT2D eigenvalue weighted by Crippen LogP contribution is -1.87. The molecular formula is C13H16N2OS2. The van der Waals surface area contributed by atoms with Crippen LogP contribution in [0.4, 0.5) is 5.00 Å². The van der Waals surface area contributed by atoms with Crippen LogP contribution in [0, 0.1) is 0 Å². The van der Waals surface area contributed by atoms with Gasteiger partial charge in [0, 0.05) is 10.8 Å². The highest BCUT2D eigenvalue weighted by molar-refractivity contribution is 8.01. The van der Waals surface area contributed by atoms with Gasteiger partial charge in [-0.05, 0) is 24.3 Å². The van der Waals surface area contributed by atoms with Crippen molar-refractivity contribution in [3.05, 3.63) is 24.3 Å². The molecule has 2 aromatic rings. The summed E-state index contributed by atoms with van der Waals surface area (Å²) in [6, 6.07) is 7.80. The summed E-state index contributed by atoms with van der Waals surface area (Å²) < 4.78 is 6.16. The Balaban J connectivity index is 2.29. The lowest BCUT2D eigenvalue weighted by Gasteiger charge is -2.01. The van der Waals surface area contributed by atoms with Gasteiger partial charge in [-0.2, -0.15) is 0 Å². The average molecular weight is 280 g/mol. The molecular weight excluding hydrogens is 264 g/mol. The highest BCUT2D eigenvalue weighted by atomic mass is 32.2. The minimum Gasteiger partial charge on any atom is -0.497 e. The number of thiazole rings is 1. The molecule has 0 radical (unpaired) electrons. The molecule has 0 bridgehead atoms. The first-order chi connectivity index (χ1) is 8.60. The van der Waals surface area contributed by atoms with E-state index in [0.717, 1.165) is 26.3 Å². The molecule has 1 heterocycles. The van der Waals surface area contributed by atoms with Gasteiger partial charge >= 0.3 is 0 Å². The van der Waals surface area contributed by atoms with Gasteiger partial charge < -0.3 is 10.5 Å². The van der Waals surface area contributed by atoms with Crippen molar-refractivity contribution in [3.8, 4) is 17.0 Å². The summed E-state index contributed by atoms with van der Waals surface area (Å²) in [5, 5.41) is 1.28. The van der Waals surface area contributed by atoms with Crippen LogP contribution in [-0.4, -0.2) is 17.3 Å². The second kappa shape index (κ2) is 5.63. The van der Waals surface area contributed by atoms with Gasteiger partial charge in [-0.1, -0.05) is 36.9 Å². The topological polar surface area (TPSA) is 48.1 Å². The molecule has 2 rings (SSSR count). The van der Waals surface area contributed by atoms with E-state index in [4.69, 9.17) is 10.5 Å². The molecule has 0 aliphatic heterocycles. The van der Waals surface area contributed by atoms with E-state index in [9.17, 15) is 0 Å². The zero-order valence-electron chi connectivity index (χ0n) is 10.6. The van der Waals surface area contributed by atoms with E-state index >= 15 is 0 Å². The number of hydrogen-bond acceptors (Lipinski definition) is 5. The number of benzene rings is 1. The number of aromatic nitrogens is 1. The van der Waals surface area contributed by atoms with E-state index in [1.165, 1.54) is 0 Å². The first-order valence-electron chi connectivity index (χ1n) is 5.67. The van der Waals surface area contributed by atoms with Gasteiger partial charge in [0.25, 0.3) is 0 Å². The maximum Gasteiger partial charge on any atom is 0.152 e. The number of hydrogen-bond donors (Lipinski definition) is 1. The van der Waals surface area contributed by atoms with E-state index in [1.54, 1.807) is 30.2 Å². The Morgan fingerprint density at radius 1 is 1.28 bits per heavy atom. The van der Waals surface area contributed by atoms with Crippen LogP contribution >= 0.6 is 23.1 Å². The maximum atomic E-state index is 6.03. The molecule has 2 N–H and O–H groups in total. The highest BCUT2D eigenvalue weighted by Gasteiger charge is 2.12. The van der Waals surface area contributed by atoms with Crippen LogP contribution in [0.2, 0.25) is 0 Å². The fourth-order valence-corrected chi connectivity index (χ4v) is 3.69. The van der Waals surface area contributed by atoms with Crippen molar-refractivity contribution in [1.29, 1.82) is 0 Å². The number of nitrogens with zero attached hydrogens (tertiary/aromatic N) is 1. The van der Waals surface area contributed by atoms with Gasteiger partial charge in [-0.25, -0.2) is 4.98 Å². The number of nitrogens with two attached hydrogens (primary N) is 1. The minimum atomic E-state index is 0.513. The number of rotatable bonds is 4. The lowest BCUT2D eigenvalue weighted by atomic mass is 10.1. The number of anilines is 1. The van der Waals surface area contributed by atoms with Crippen molar-refractivity contribution in [1.82, 2.24) is 4.98 Å². The molecule has 0 aliphatic rings. The van der Waals surface area contributed by atoms with Crippen LogP contribution in [0.1, 0.15) is 13.8 Å². The van der Waals surface area contributed by atoms with Gasteiger partial charge in [0.15, 0.2) is 4.34 Å². The summed E-state index contributed by atoms with van der Waals surface area (Å²) in [5.74, 6) is 0.837. The zero-order valence-corrected chi connectivity index (χ0v) is 12.3. The van der Waals surface area contributed by atoms with Crippen molar-refractivity contribution < 1.29 is 4.74 Å². The smallest absolute Gasteiger partial charge is 0.152 e. The van der Waals surface area contributed by atoms with Gasteiger partial charge in [0.2, 0.25) is 0 Å². The first kappa shape index (κ1) is 13.2. The molecule has 96 valence electrons. The number of nitrogen functional groups attached to an aromatic ring is 1. The van der Waals surface area contributed by atoms with Crippen molar-refractivity contribution in [3.63, 3.8) is 0 Å². The number of ether oxygens (including phenoxy) is 1. The summed E-state index contributed by atoms with van der Waals surface area (Å²) in [4.78, 5) is 4.59. The molecule has 18 heavy (non-hydrogen) atoms. The Kier molecular flexibility index (Phi) is 4.14. The van der Waals surface area contributed by atoms with Crippen molar-refractivity contribution in [2.24, 2.45) is 0 Å². The van der Waals surface area contributed by atoms with Crippen molar-refractivity contribution in [2.45, 2.75) is 23.4 Å². The molecule has 0 saturated heterocycles. The molecule has 0 atom stereocenters. The average Bonchev–Trinajstić information content (AvgIpc) is 2.69. The van der Waals surface area contributed by atoms with E-state index in [-0.39, 0.29) is 0 Å². The SMILES string of the molecule is COc1ccc(-c2nc(SC(C)C)sc2N)cc1. The Bertz CT molecular complexity index is 520. The Morgan fingerprint density at radius 3 is 2.50 bits per heavy atom. The predicted molar refractivity (Wildman–Crippen MR) is 79.5 cm³/mol. The second-order valence-corrected chi connectivity index (χ2v) is 6.94. The summed E-state index contributed by atoms with van der Waals surface area (Å²) in [6.07, 6.45) is 0. The monoisotopic (exact) mass is 280 g/mol. The molecule has 0 unspecified atom stereocenters. The summed E-state index contributed by atoms with van der Waals surface area (Å²) in [6.45, 7) is 4.30. The third-order valence-electron chi connectivity index (χ3n) is 2.33. The zero-order chi connectivity index (χ0) is 13.1.